The summed E-state index contributed by atoms with van der Waals surface area (Å²) >= 11 is 5.40. The number of alkyl halides is 6. The third-order valence-electron chi connectivity index (χ3n) is 2.16. The Morgan fingerprint density at radius 1 is 1.00 bits per heavy atom. The first-order valence-corrected chi connectivity index (χ1v) is 4.81. The molecule has 0 unspecified atom stereocenters. The molecule has 9 heteroatoms. The average molecular weight is 289 g/mol. The Kier molecular flexibility index (Phi) is 2.73. The number of hydrogen-bond donors (Lipinski definition) is 0. The molecule has 2 rings (SSSR count). The average Bonchev–Trinajstić information content (AvgIpc) is 2.59. The molecular weight excluding hydrogens is 286 g/mol. The van der Waals surface area contributed by atoms with Crippen LogP contribution in [0.25, 0.3) is 5.52 Å². The first-order chi connectivity index (χ1) is 8.10. The number of halogens is 7. The van der Waals surface area contributed by atoms with Crippen LogP contribution >= 0.6 is 11.6 Å². The van der Waals surface area contributed by atoms with Crippen molar-refractivity contribution in [1.29, 1.82) is 0 Å². The van der Waals surface area contributed by atoms with Crippen LogP contribution in [0, 0.1) is 0 Å². The van der Waals surface area contributed by atoms with Crippen LogP contribution in [-0.2, 0) is 12.4 Å². The van der Waals surface area contributed by atoms with Crippen molar-refractivity contribution in [2.24, 2.45) is 0 Å². The Morgan fingerprint density at radius 2 is 1.61 bits per heavy atom. The lowest BCUT2D eigenvalue weighted by Crippen LogP contribution is -2.09. The lowest BCUT2D eigenvalue weighted by Gasteiger charge is -2.09. The van der Waals surface area contributed by atoms with Crippen molar-refractivity contribution >= 4 is 17.1 Å². The Balaban J connectivity index is 2.69. The largest absolute Gasteiger partial charge is 0.435 e. The van der Waals surface area contributed by atoms with E-state index in [4.69, 9.17) is 11.6 Å². The maximum Gasteiger partial charge on any atom is 0.435 e. The van der Waals surface area contributed by atoms with Gasteiger partial charge in [0.05, 0.1) is 11.1 Å². The topological polar surface area (TPSA) is 17.3 Å². The molecule has 2 nitrogen and oxygen atoms in total. The van der Waals surface area contributed by atoms with Gasteiger partial charge in [-0.15, -0.1) is 0 Å². The molecule has 0 saturated heterocycles. The summed E-state index contributed by atoms with van der Waals surface area (Å²) in [6.45, 7) is 0. The SMILES string of the molecule is FC(F)(F)c1cc2ccc(C(F)(F)F)c(Cl)n2n1. The van der Waals surface area contributed by atoms with Crippen LogP contribution in [-0.4, -0.2) is 9.61 Å². The molecule has 0 N–H and O–H groups in total. The van der Waals surface area contributed by atoms with Gasteiger partial charge in [0.15, 0.2) is 5.69 Å². The van der Waals surface area contributed by atoms with Crippen LogP contribution in [0.3, 0.4) is 0 Å². The smallest absolute Gasteiger partial charge is 0.221 e. The molecule has 0 amide bonds. The first-order valence-electron chi connectivity index (χ1n) is 4.43. The normalized spacial score (nSPS) is 13.3. The molecule has 2 aromatic heterocycles. The zero-order chi connectivity index (χ0) is 13.7. The number of fused-ring (bicyclic) bond motifs is 1. The lowest BCUT2D eigenvalue weighted by molar-refractivity contribution is -0.141. The predicted molar refractivity (Wildman–Crippen MR) is 50.2 cm³/mol. The molecule has 0 aromatic carbocycles. The second kappa shape index (κ2) is 3.78. The van der Waals surface area contributed by atoms with E-state index in [1.807, 2.05) is 0 Å². The maximum atomic E-state index is 12.5. The minimum atomic E-state index is -4.75. The molecule has 0 aliphatic carbocycles. The van der Waals surface area contributed by atoms with E-state index in [0.29, 0.717) is 16.6 Å². The van der Waals surface area contributed by atoms with Gasteiger partial charge in [-0.05, 0) is 18.2 Å². The summed E-state index contributed by atoms with van der Waals surface area (Å²) in [5.74, 6) is 0. The fourth-order valence-electron chi connectivity index (χ4n) is 1.37. The van der Waals surface area contributed by atoms with E-state index in [1.165, 1.54) is 0 Å². The molecule has 0 aliphatic heterocycles. The first kappa shape index (κ1) is 13.0. The highest BCUT2D eigenvalue weighted by Gasteiger charge is 2.37. The molecule has 0 radical (unpaired) electrons. The third kappa shape index (κ3) is 2.12. The van der Waals surface area contributed by atoms with Crippen LogP contribution in [0.4, 0.5) is 26.3 Å². The van der Waals surface area contributed by atoms with Crippen molar-refractivity contribution < 1.29 is 26.3 Å². The Morgan fingerprint density at radius 3 is 2.11 bits per heavy atom. The number of hydrogen-bond acceptors (Lipinski definition) is 1. The number of aromatic nitrogens is 2. The van der Waals surface area contributed by atoms with Gasteiger partial charge in [-0.3, -0.25) is 0 Å². The molecule has 0 bridgehead atoms. The van der Waals surface area contributed by atoms with Gasteiger partial charge in [0.25, 0.3) is 0 Å². The summed E-state index contributed by atoms with van der Waals surface area (Å²) in [7, 11) is 0. The van der Waals surface area contributed by atoms with E-state index in [0.717, 1.165) is 6.07 Å². The highest BCUT2D eigenvalue weighted by Crippen LogP contribution is 2.36. The van der Waals surface area contributed by atoms with Crippen LogP contribution in [0.1, 0.15) is 11.3 Å². The van der Waals surface area contributed by atoms with Crippen molar-refractivity contribution in [1.82, 2.24) is 9.61 Å². The Labute approximate surface area is 101 Å². The van der Waals surface area contributed by atoms with Crippen molar-refractivity contribution in [3.63, 3.8) is 0 Å². The van der Waals surface area contributed by atoms with Gasteiger partial charge >= 0.3 is 12.4 Å². The molecule has 0 aliphatic rings. The molecular formula is C9H3ClF6N2. The van der Waals surface area contributed by atoms with Gasteiger partial charge < -0.3 is 0 Å². The van der Waals surface area contributed by atoms with Crippen LogP contribution in [0.5, 0.6) is 0 Å². The van der Waals surface area contributed by atoms with Gasteiger partial charge in [0.1, 0.15) is 5.15 Å². The Bertz CT molecular complexity index is 597. The quantitative estimate of drug-likeness (QED) is 0.528. The highest BCUT2D eigenvalue weighted by atomic mass is 35.5. The fraction of sp³-hybridized carbons (Fsp3) is 0.222. The third-order valence-corrected chi connectivity index (χ3v) is 2.53. The molecule has 0 fully saturated rings. The standard InChI is InChI=1S/C9H3ClF6N2/c10-7-5(8(11,12)13)2-1-4-3-6(9(14,15)16)17-18(4)7/h1-3H. The van der Waals surface area contributed by atoms with E-state index in [9.17, 15) is 26.3 Å². The summed E-state index contributed by atoms with van der Waals surface area (Å²) in [5.41, 5.74) is -2.71. The molecule has 0 saturated carbocycles. The number of pyridine rings is 1. The van der Waals surface area contributed by atoms with Gasteiger partial charge in [-0.2, -0.15) is 31.4 Å². The summed E-state index contributed by atoms with van der Waals surface area (Å²) in [6.07, 6.45) is -9.50. The van der Waals surface area contributed by atoms with Crippen molar-refractivity contribution in [3.8, 4) is 0 Å². The van der Waals surface area contributed by atoms with E-state index >= 15 is 0 Å². The Hall–Kier alpha value is -1.44. The van der Waals surface area contributed by atoms with Crippen LogP contribution < -0.4 is 0 Å². The highest BCUT2D eigenvalue weighted by molar-refractivity contribution is 6.30. The van der Waals surface area contributed by atoms with Crippen LogP contribution in [0.15, 0.2) is 18.2 Å². The second-order valence-electron chi connectivity index (χ2n) is 3.40. The molecule has 2 aromatic rings. The number of nitrogens with zero attached hydrogens (tertiary/aromatic N) is 2. The molecule has 98 valence electrons. The van der Waals surface area contributed by atoms with Gasteiger partial charge in [0.2, 0.25) is 0 Å². The van der Waals surface area contributed by atoms with Crippen LogP contribution in [0.2, 0.25) is 5.15 Å². The van der Waals surface area contributed by atoms with Gasteiger partial charge in [-0.1, -0.05) is 11.6 Å². The zero-order valence-corrected chi connectivity index (χ0v) is 9.03. The van der Waals surface area contributed by atoms with E-state index < -0.39 is 28.8 Å². The molecule has 0 spiro atoms. The molecule has 2 heterocycles. The van der Waals surface area contributed by atoms with Gasteiger partial charge in [-0.25, -0.2) is 4.52 Å². The fourth-order valence-corrected chi connectivity index (χ4v) is 1.68. The predicted octanol–water partition coefficient (Wildman–Crippen LogP) is 4.03. The van der Waals surface area contributed by atoms with Crippen molar-refractivity contribution in [2.75, 3.05) is 0 Å². The van der Waals surface area contributed by atoms with Crippen molar-refractivity contribution in [2.45, 2.75) is 12.4 Å². The van der Waals surface area contributed by atoms with Crippen molar-refractivity contribution in [3.05, 3.63) is 34.6 Å². The minimum absolute atomic E-state index is 0.166. The summed E-state index contributed by atoms with van der Waals surface area (Å²) in [4.78, 5) is 0. The second-order valence-corrected chi connectivity index (χ2v) is 3.76. The summed E-state index contributed by atoms with van der Waals surface area (Å²) in [6, 6.07) is 2.10. The maximum absolute atomic E-state index is 12.5. The summed E-state index contributed by atoms with van der Waals surface area (Å²) < 4.78 is 74.9. The molecule has 0 atom stereocenters. The summed E-state index contributed by atoms with van der Waals surface area (Å²) in [5, 5.41) is 2.11. The zero-order valence-electron chi connectivity index (χ0n) is 8.27. The van der Waals surface area contributed by atoms with Gasteiger partial charge in [0, 0.05) is 0 Å². The number of rotatable bonds is 0. The lowest BCUT2D eigenvalue weighted by atomic mass is 10.2. The van der Waals surface area contributed by atoms with E-state index in [1.54, 1.807) is 0 Å². The monoisotopic (exact) mass is 288 g/mol. The minimum Gasteiger partial charge on any atom is -0.221 e. The van der Waals surface area contributed by atoms with E-state index in [2.05, 4.69) is 5.10 Å². The molecule has 18 heavy (non-hydrogen) atoms. The van der Waals surface area contributed by atoms with E-state index in [-0.39, 0.29) is 5.52 Å².